The van der Waals surface area contributed by atoms with Crippen LogP contribution in [0.2, 0.25) is 0 Å². The number of amides is 1. The van der Waals surface area contributed by atoms with E-state index in [4.69, 9.17) is 5.73 Å². The van der Waals surface area contributed by atoms with Crippen molar-refractivity contribution in [3.05, 3.63) is 23.6 Å². The number of hydrogen-bond acceptors (Lipinski definition) is 3. The lowest BCUT2D eigenvalue weighted by Gasteiger charge is -2.15. The van der Waals surface area contributed by atoms with Gasteiger partial charge in [0.1, 0.15) is 0 Å². The first kappa shape index (κ1) is 14.4. The molecule has 0 spiro atoms. The number of nitrogens with zero attached hydrogens (tertiary/aromatic N) is 1. The van der Waals surface area contributed by atoms with Crippen LogP contribution in [0.3, 0.4) is 0 Å². The van der Waals surface area contributed by atoms with Gasteiger partial charge in [-0.1, -0.05) is 13.8 Å². The number of pyridine rings is 1. The Hall–Kier alpha value is -1.65. The van der Waals surface area contributed by atoms with E-state index in [2.05, 4.69) is 24.1 Å². The standard InChI is InChI=1S/C13H20FN3O/c1-8(2)4-5-9(3)17-13(18)10-6-7-16-12(15)11(10)14/h6-9H,4-5H2,1-3H3,(H2,15,16)(H,17,18). The van der Waals surface area contributed by atoms with Gasteiger partial charge in [-0.25, -0.2) is 9.37 Å². The highest BCUT2D eigenvalue weighted by molar-refractivity contribution is 5.95. The Morgan fingerprint density at radius 3 is 2.72 bits per heavy atom. The molecule has 5 heteroatoms. The van der Waals surface area contributed by atoms with Crippen molar-refractivity contribution in [3.8, 4) is 0 Å². The van der Waals surface area contributed by atoms with Crippen LogP contribution in [0.15, 0.2) is 12.3 Å². The van der Waals surface area contributed by atoms with Crippen molar-refractivity contribution in [2.24, 2.45) is 5.92 Å². The molecule has 100 valence electrons. The molecule has 1 aromatic heterocycles. The molecule has 1 heterocycles. The lowest BCUT2D eigenvalue weighted by atomic mass is 10.0. The third kappa shape index (κ3) is 3.98. The summed E-state index contributed by atoms with van der Waals surface area (Å²) < 4.78 is 13.6. The van der Waals surface area contributed by atoms with Crippen molar-refractivity contribution in [2.75, 3.05) is 5.73 Å². The highest BCUT2D eigenvalue weighted by atomic mass is 19.1. The van der Waals surface area contributed by atoms with Crippen LogP contribution >= 0.6 is 0 Å². The molecule has 0 bridgehead atoms. The van der Waals surface area contributed by atoms with Gasteiger partial charge in [0.25, 0.3) is 5.91 Å². The van der Waals surface area contributed by atoms with Crippen molar-refractivity contribution in [1.82, 2.24) is 10.3 Å². The number of hydrogen-bond donors (Lipinski definition) is 2. The molecule has 0 aliphatic rings. The second-order valence-electron chi connectivity index (χ2n) is 4.90. The molecule has 1 rings (SSSR count). The quantitative estimate of drug-likeness (QED) is 0.846. The maximum Gasteiger partial charge on any atom is 0.254 e. The second-order valence-corrected chi connectivity index (χ2v) is 4.90. The molecule has 0 aromatic carbocycles. The monoisotopic (exact) mass is 253 g/mol. The molecule has 1 amide bonds. The number of nitrogens with two attached hydrogens (primary N) is 1. The van der Waals surface area contributed by atoms with Crippen LogP contribution in [0.4, 0.5) is 10.2 Å². The summed E-state index contributed by atoms with van der Waals surface area (Å²) in [4.78, 5) is 15.4. The second kappa shape index (κ2) is 6.33. The van der Waals surface area contributed by atoms with Gasteiger partial charge < -0.3 is 11.1 Å². The number of carbonyl (C=O) groups excluding carboxylic acids is 1. The van der Waals surface area contributed by atoms with E-state index in [0.29, 0.717) is 5.92 Å². The van der Waals surface area contributed by atoms with Crippen molar-refractivity contribution < 1.29 is 9.18 Å². The molecular formula is C13H20FN3O. The van der Waals surface area contributed by atoms with Crippen LogP contribution in [0.1, 0.15) is 44.0 Å². The van der Waals surface area contributed by atoms with Gasteiger partial charge in [-0.3, -0.25) is 4.79 Å². The molecule has 0 radical (unpaired) electrons. The van der Waals surface area contributed by atoms with Crippen molar-refractivity contribution in [3.63, 3.8) is 0 Å². The molecule has 0 aliphatic heterocycles. The molecule has 1 atom stereocenters. The molecule has 0 saturated carbocycles. The summed E-state index contributed by atoms with van der Waals surface area (Å²) in [5, 5.41) is 2.76. The van der Waals surface area contributed by atoms with Gasteiger partial charge in [0.05, 0.1) is 5.56 Å². The number of aromatic nitrogens is 1. The first-order valence-corrected chi connectivity index (χ1v) is 6.12. The maximum absolute atomic E-state index is 13.6. The van der Waals surface area contributed by atoms with E-state index in [1.807, 2.05) is 6.92 Å². The molecular weight excluding hydrogens is 233 g/mol. The minimum atomic E-state index is -0.758. The highest BCUT2D eigenvalue weighted by Gasteiger charge is 2.16. The van der Waals surface area contributed by atoms with E-state index in [9.17, 15) is 9.18 Å². The molecule has 4 nitrogen and oxygen atoms in total. The fourth-order valence-corrected chi connectivity index (χ4v) is 1.59. The summed E-state index contributed by atoms with van der Waals surface area (Å²) in [7, 11) is 0. The summed E-state index contributed by atoms with van der Waals surface area (Å²) >= 11 is 0. The predicted octanol–water partition coefficient (Wildman–Crippen LogP) is 2.36. The molecule has 3 N–H and O–H groups in total. The Labute approximate surface area is 107 Å². The minimum absolute atomic E-state index is 0.00805. The van der Waals surface area contributed by atoms with Gasteiger partial charge in [0.15, 0.2) is 11.6 Å². The zero-order chi connectivity index (χ0) is 13.7. The van der Waals surface area contributed by atoms with Crippen LogP contribution in [-0.2, 0) is 0 Å². The fraction of sp³-hybridized carbons (Fsp3) is 0.538. The third-order valence-corrected chi connectivity index (χ3v) is 2.72. The van der Waals surface area contributed by atoms with E-state index >= 15 is 0 Å². The van der Waals surface area contributed by atoms with Gasteiger partial charge in [-0.15, -0.1) is 0 Å². The minimum Gasteiger partial charge on any atom is -0.381 e. The van der Waals surface area contributed by atoms with Gasteiger partial charge in [0, 0.05) is 12.2 Å². The molecule has 0 aliphatic carbocycles. The zero-order valence-corrected chi connectivity index (χ0v) is 11.0. The normalized spacial score (nSPS) is 12.5. The number of carbonyl (C=O) groups is 1. The molecule has 1 unspecified atom stereocenters. The SMILES string of the molecule is CC(C)CCC(C)NC(=O)c1ccnc(N)c1F. The number of anilines is 1. The lowest BCUT2D eigenvalue weighted by molar-refractivity contribution is 0.0933. The lowest BCUT2D eigenvalue weighted by Crippen LogP contribution is -2.33. The van der Waals surface area contributed by atoms with Gasteiger partial charge in [0.2, 0.25) is 0 Å². The van der Waals surface area contributed by atoms with Gasteiger partial charge >= 0.3 is 0 Å². The third-order valence-electron chi connectivity index (χ3n) is 2.72. The summed E-state index contributed by atoms with van der Waals surface area (Å²) in [6, 6.07) is 1.34. The first-order chi connectivity index (χ1) is 8.41. The molecule has 0 saturated heterocycles. The summed E-state index contributed by atoms with van der Waals surface area (Å²) in [6.07, 6.45) is 3.21. The van der Waals surface area contributed by atoms with Crippen LogP contribution < -0.4 is 11.1 Å². The number of halogens is 1. The Balaban J connectivity index is 2.62. The highest BCUT2D eigenvalue weighted by Crippen LogP contribution is 2.12. The Morgan fingerprint density at radius 1 is 1.44 bits per heavy atom. The zero-order valence-electron chi connectivity index (χ0n) is 11.0. The average molecular weight is 253 g/mol. The van der Waals surface area contributed by atoms with Crippen LogP contribution in [0, 0.1) is 11.7 Å². The predicted molar refractivity (Wildman–Crippen MR) is 69.6 cm³/mol. The van der Waals surface area contributed by atoms with E-state index < -0.39 is 11.7 Å². The van der Waals surface area contributed by atoms with E-state index in [0.717, 1.165) is 12.8 Å². The molecule has 1 aromatic rings. The maximum atomic E-state index is 13.6. The molecule has 0 fully saturated rings. The Bertz CT molecular complexity index is 421. The summed E-state index contributed by atoms with van der Waals surface area (Å²) in [6.45, 7) is 6.15. The van der Waals surface area contributed by atoms with Crippen LogP contribution in [0.5, 0.6) is 0 Å². The Morgan fingerprint density at radius 2 is 2.11 bits per heavy atom. The smallest absolute Gasteiger partial charge is 0.254 e. The Kier molecular flexibility index (Phi) is 5.07. The number of nitrogens with one attached hydrogen (secondary N) is 1. The van der Waals surface area contributed by atoms with Crippen LogP contribution in [0.25, 0.3) is 0 Å². The fourth-order valence-electron chi connectivity index (χ4n) is 1.59. The van der Waals surface area contributed by atoms with Crippen LogP contribution in [-0.4, -0.2) is 16.9 Å². The number of nitrogen functional groups attached to an aromatic ring is 1. The first-order valence-electron chi connectivity index (χ1n) is 6.12. The number of rotatable bonds is 5. The largest absolute Gasteiger partial charge is 0.381 e. The van der Waals surface area contributed by atoms with E-state index in [1.54, 1.807) is 0 Å². The van der Waals surface area contributed by atoms with E-state index in [-0.39, 0.29) is 17.4 Å². The topological polar surface area (TPSA) is 68.0 Å². The summed E-state index contributed by atoms with van der Waals surface area (Å²) in [5.74, 6) is -0.876. The summed E-state index contributed by atoms with van der Waals surface area (Å²) in [5.41, 5.74) is 5.26. The van der Waals surface area contributed by atoms with Crippen molar-refractivity contribution in [2.45, 2.75) is 39.7 Å². The van der Waals surface area contributed by atoms with Gasteiger partial charge in [-0.05, 0) is 31.7 Å². The molecule has 18 heavy (non-hydrogen) atoms. The van der Waals surface area contributed by atoms with Crippen molar-refractivity contribution >= 4 is 11.7 Å². The van der Waals surface area contributed by atoms with E-state index in [1.165, 1.54) is 12.3 Å². The average Bonchev–Trinajstić information content (AvgIpc) is 2.30. The van der Waals surface area contributed by atoms with Gasteiger partial charge in [-0.2, -0.15) is 0 Å². The van der Waals surface area contributed by atoms with Crippen molar-refractivity contribution in [1.29, 1.82) is 0 Å².